The monoisotopic (exact) mass is 162 g/mol. The average molecular weight is 162 g/mol. The fraction of sp³-hybridized carbons (Fsp3) is 0.250. The average Bonchev–Trinajstić information content (AvgIpc) is 2.03. The fourth-order valence-electron chi connectivity index (χ4n) is 0.467. The van der Waals surface area contributed by atoms with Crippen molar-refractivity contribution in [3.05, 3.63) is 23.5 Å². The highest BCUT2D eigenvalue weighted by atomic mass is 15.0. The highest BCUT2D eigenvalue weighted by Crippen LogP contribution is 1.97. The molecule has 0 unspecified atom stereocenters. The van der Waals surface area contributed by atoms with Crippen molar-refractivity contribution in [1.82, 2.24) is 4.90 Å². The summed E-state index contributed by atoms with van der Waals surface area (Å²) in [6.45, 7) is 0. The van der Waals surface area contributed by atoms with E-state index in [9.17, 15) is 0 Å². The molecule has 0 bridgehead atoms. The largest absolute Gasteiger partial charge is 0.397 e. The zero-order valence-corrected chi connectivity index (χ0v) is 7.07. The summed E-state index contributed by atoms with van der Waals surface area (Å²) in [5.41, 5.74) is 5.54. The lowest BCUT2D eigenvalue weighted by molar-refractivity contribution is 0.563. The predicted octanol–water partition coefficient (Wildman–Crippen LogP) is 0.322. The van der Waals surface area contributed by atoms with Gasteiger partial charge in [-0.1, -0.05) is 0 Å². The Kier molecular flexibility index (Phi) is 4.03. The SMILES string of the molecule is CN(C)/C=C/C(N)=C(C#N)C#N. The van der Waals surface area contributed by atoms with Crippen molar-refractivity contribution < 1.29 is 0 Å². The molecule has 0 amide bonds. The fourth-order valence-corrected chi connectivity index (χ4v) is 0.467. The van der Waals surface area contributed by atoms with Crippen LogP contribution < -0.4 is 5.73 Å². The number of allylic oxidation sites excluding steroid dienone is 2. The Morgan fingerprint density at radius 2 is 1.83 bits per heavy atom. The Morgan fingerprint density at radius 1 is 1.33 bits per heavy atom. The molecule has 0 heterocycles. The normalized spacial score (nSPS) is 8.67. The van der Waals surface area contributed by atoms with Gasteiger partial charge in [0.15, 0.2) is 5.57 Å². The molecule has 0 aliphatic rings. The molecule has 4 nitrogen and oxygen atoms in total. The van der Waals surface area contributed by atoms with Gasteiger partial charge in [0.05, 0.1) is 5.70 Å². The maximum atomic E-state index is 8.40. The Labute approximate surface area is 71.8 Å². The van der Waals surface area contributed by atoms with Gasteiger partial charge in [-0.3, -0.25) is 0 Å². The first-order valence-electron chi connectivity index (χ1n) is 3.26. The highest BCUT2D eigenvalue weighted by molar-refractivity contribution is 5.42. The third-order valence-corrected chi connectivity index (χ3v) is 1.06. The summed E-state index contributed by atoms with van der Waals surface area (Å²) < 4.78 is 0. The van der Waals surface area contributed by atoms with Crippen LogP contribution in [0.5, 0.6) is 0 Å². The van der Waals surface area contributed by atoms with E-state index in [-0.39, 0.29) is 11.3 Å². The third kappa shape index (κ3) is 3.28. The second-order valence-corrected chi connectivity index (χ2v) is 2.33. The number of hydrogen-bond donors (Lipinski definition) is 1. The molecule has 0 atom stereocenters. The molecule has 4 heteroatoms. The van der Waals surface area contributed by atoms with Gasteiger partial charge in [0.25, 0.3) is 0 Å². The van der Waals surface area contributed by atoms with Crippen molar-refractivity contribution in [2.24, 2.45) is 5.73 Å². The predicted molar refractivity (Wildman–Crippen MR) is 45.3 cm³/mol. The van der Waals surface area contributed by atoms with Crippen LogP contribution in [0, 0.1) is 22.7 Å². The lowest BCUT2D eigenvalue weighted by Gasteiger charge is -2.02. The van der Waals surface area contributed by atoms with Gasteiger partial charge < -0.3 is 10.6 Å². The third-order valence-electron chi connectivity index (χ3n) is 1.06. The summed E-state index contributed by atoms with van der Waals surface area (Å²) in [6.07, 6.45) is 3.19. The molecule has 0 fully saturated rings. The summed E-state index contributed by atoms with van der Waals surface area (Å²) in [5.74, 6) is 0. The molecule has 0 saturated heterocycles. The molecule has 2 N–H and O–H groups in total. The lowest BCUT2D eigenvalue weighted by Crippen LogP contribution is -2.03. The van der Waals surface area contributed by atoms with Crippen molar-refractivity contribution in [2.45, 2.75) is 0 Å². The van der Waals surface area contributed by atoms with Gasteiger partial charge in [-0.05, 0) is 6.08 Å². The highest BCUT2D eigenvalue weighted by Gasteiger charge is 1.96. The van der Waals surface area contributed by atoms with E-state index in [0.29, 0.717) is 0 Å². The van der Waals surface area contributed by atoms with Crippen LogP contribution in [0.25, 0.3) is 0 Å². The van der Waals surface area contributed by atoms with Gasteiger partial charge in [-0.2, -0.15) is 10.5 Å². The molecule has 0 aliphatic heterocycles. The lowest BCUT2D eigenvalue weighted by atomic mass is 10.2. The van der Waals surface area contributed by atoms with Crippen LogP contribution in [-0.2, 0) is 0 Å². The van der Waals surface area contributed by atoms with Crippen LogP contribution in [0.3, 0.4) is 0 Å². The van der Waals surface area contributed by atoms with Crippen LogP contribution in [0.15, 0.2) is 23.5 Å². The Hall–Kier alpha value is -1.94. The van der Waals surface area contributed by atoms with Gasteiger partial charge in [0, 0.05) is 20.3 Å². The van der Waals surface area contributed by atoms with Crippen molar-refractivity contribution in [2.75, 3.05) is 14.1 Å². The molecule has 62 valence electrons. The van der Waals surface area contributed by atoms with E-state index in [4.69, 9.17) is 16.3 Å². The summed E-state index contributed by atoms with van der Waals surface area (Å²) in [6, 6.07) is 3.40. The Balaban J connectivity index is 4.61. The van der Waals surface area contributed by atoms with Gasteiger partial charge in [0.2, 0.25) is 0 Å². The number of hydrogen-bond acceptors (Lipinski definition) is 4. The van der Waals surface area contributed by atoms with Crippen molar-refractivity contribution >= 4 is 0 Å². The minimum absolute atomic E-state index is 0.0619. The summed E-state index contributed by atoms with van der Waals surface area (Å²) in [4.78, 5) is 1.76. The zero-order chi connectivity index (χ0) is 9.56. The second-order valence-electron chi connectivity index (χ2n) is 2.33. The van der Waals surface area contributed by atoms with Gasteiger partial charge in [-0.15, -0.1) is 0 Å². The van der Waals surface area contributed by atoms with E-state index in [0.717, 1.165) is 0 Å². The summed E-state index contributed by atoms with van der Waals surface area (Å²) in [7, 11) is 3.64. The van der Waals surface area contributed by atoms with Crippen molar-refractivity contribution in [1.29, 1.82) is 10.5 Å². The molecule has 0 radical (unpaired) electrons. The molecule has 0 aromatic heterocycles. The molecule has 0 aromatic carbocycles. The standard InChI is InChI=1S/C8H10N4/c1-12(2)4-3-8(11)7(5-9)6-10/h3-4H,11H2,1-2H3/b4-3+. The van der Waals surface area contributed by atoms with Crippen LogP contribution in [-0.4, -0.2) is 19.0 Å². The van der Waals surface area contributed by atoms with Crippen molar-refractivity contribution in [3.63, 3.8) is 0 Å². The molecule has 0 saturated carbocycles. The van der Waals surface area contributed by atoms with E-state index < -0.39 is 0 Å². The minimum Gasteiger partial charge on any atom is -0.397 e. The summed E-state index contributed by atoms with van der Waals surface area (Å²) >= 11 is 0. The molecule has 12 heavy (non-hydrogen) atoms. The molecular formula is C8H10N4. The number of nitriles is 2. The topological polar surface area (TPSA) is 76.8 Å². The second kappa shape index (κ2) is 4.81. The maximum Gasteiger partial charge on any atom is 0.152 e. The molecular weight excluding hydrogens is 152 g/mol. The molecule has 0 rings (SSSR count). The quantitative estimate of drug-likeness (QED) is 0.468. The minimum atomic E-state index is -0.0619. The molecule has 0 aromatic rings. The molecule has 0 aliphatic carbocycles. The number of rotatable bonds is 2. The first-order chi connectivity index (χ1) is 5.61. The van der Waals surface area contributed by atoms with E-state index in [1.165, 1.54) is 6.08 Å². The van der Waals surface area contributed by atoms with Gasteiger partial charge in [0.1, 0.15) is 12.1 Å². The maximum absolute atomic E-state index is 8.40. The van der Waals surface area contributed by atoms with E-state index in [1.54, 1.807) is 23.2 Å². The van der Waals surface area contributed by atoms with Crippen LogP contribution in [0.1, 0.15) is 0 Å². The van der Waals surface area contributed by atoms with E-state index in [2.05, 4.69) is 0 Å². The van der Waals surface area contributed by atoms with Gasteiger partial charge in [-0.25, -0.2) is 0 Å². The summed E-state index contributed by atoms with van der Waals surface area (Å²) in [5, 5.41) is 16.8. The van der Waals surface area contributed by atoms with Crippen LogP contribution in [0.2, 0.25) is 0 Å². The smallest absolute Gasteiger partial charge is 0.152 e. The van der Waals surface area contributed by atoms with Crippen LogP contribution in [0.4, 0.5) is 0 Å². The van der Waals surface area contributed by atoms with Gasteiger partial charge >= 0.3 is 0 Å². The Morgan fingerprint density at radius 3 is 2.17 bits per heavy atom. The number of nitrogens with zero attached hydrogens (tertiary/aromatic N) is 3. The number of nitrogens with two attached hydrogens (primary N) is 1. The van der Waals surface area contributed by atoms with E-state index >= 15 is 0 Å². The van der Waals surface area contributed by atoms with E-state index in [1.807, 2.05) is 14.1 Å². The zero-order valence-electron chi connectivity index (χ0n) is 7.07. The first kappa shape index (κ1) is 10.1. The Bertz CT molecular complexity index is 269. The first-order valence-corrected chi connectivity index (χ1v) is 3.26. The van der Waals surface area contributed by atoms with Crippen molar-refractivity contribution in [3.8, 4) is 12.1 Å². The van der Waals surface area contributed by atoms with Crippen LogP contribution >= 0.6 is 0 Å². The molecule has 0 spiro atoms.